The number of nitrogens with one attached hydrogen (secondary N) is 2. The molecule has 1 heterocycles. The zero-order valence-corrected chi connectivity index (χ0v) is 14.2. The average Bonchev–Trinajstić information content (AvgIpc) is 3.06. The topological polar surface area (TPSA) is 68.2 Å². The summed E-state index contributed by atoms with van der Waals surface area (Å²) in [6, 6.07) is 15.0. The SMILES string of the molecule is COc1ccc(Nc2ccccc2C(=O)NCc2cnn(C)c2)cc1. The number of amides is 1. The Kier molecular flexibility index (Phi) is 4.99. The van der Waals surface area contributed by atoms with Crippen molar-refractivity contribution in [2.75, 3.05) is 12.4 Å². The number of anilines is 2. The molecule has 25 heavy (non-hydrogen) atoms. The first kappa shape index (κ1) is 16.6. The summed E-state index contributed by atoms with van der Waals surface area (Å²) in [5.74, 6) is 0.647. The highest BCUT2D eigenvalue weighted by atomic mass is 16.5. The number of methoxy groups -OCH3 is 1. The quantitative estimate of drug-likeness (QED) is 0.726. The van der Waals surface area contributed by atoms with Gasteiger partial charge in [-0.25, -0.2) is 0 Å². The highest BCUT2D eigenvalue weighted by molar-refractivity contribution is 6.00. The van der Waals surface area contributed by atoms with Gasteiger partial charge >= 0.3 is 0 Å². The van der Waals surface area contributed by atoms with Crippen LogP contribution in [0.25, 0.3) is 0 Å². The third-order valence-corrected chi connectivity index (χ3v) is 3.75. The van der Waals surface area contributed by atoms with E-state index in [9.17, 15) is 4.79 Å². The Labute approximate surface area is 146 Å². The van der Waals surface area contributed by atoms with Crippen LogP contribution in [0.5, 0.6) is 5.75 Å². The summed E-state index contributed by atoms with van der Waals surface area (Å²) >= 11 is 0. The van der Waals surface area contributed by atoms with Crippen LogP contribution in [0.4, 0.5) is 11.4 Å². The van der Waals surface area contributed by atoms with Crippen molar-refractivity contribution in [3.05, 3.63) is 72.1 Å². The number of nitrogens with zero attached hydrogens (tertiary/aromatic N) is 2. The van der Waals surface area contributed by atoms with Crippen molar-refractivity contribution in [1.29, 1.82) is 0 Å². The molecule has 0 saturated carbocycles. The lowest BCUT2D eigenvalue weighted by molar-refractivity contribution is 0.0951. The smallest absolute Gasteiger partial charge is 0.253 e. The van der Waals surface area contributed by atoms with Gasteiger partial charge in [0.05, 0.1) is 24.6 Å². The maximum absolute atomic E-state index is 12.5. The molecule has 0 unspecified atom stereocenters. The first-order valence-electron chi connectivity index (χ1n) is 7.91. The van der Waals surface area contributed by atoms with Crippen molar-refractivity contribution in [3.63, 3.8) is 0 Å². The van der Waals surface area contributed by atoms with Gasteiger partial charge in [-0.15, -0.1) is 0 Å². The van der Waals surface area contributed by atoms with Crippen LogP contribution < -0.4 is 15.4 Å². The van der Waals surface area contributed by atoms with E-state index in [1.807, 2.05) is 55.7 Å². The largest absolute Gasteiger partial charge is 0.497 e. The van der Waals surface area contributed by atoms with Gasteiger partial charge in [-0.05, 0) is 36.4 Å². The highest BCUT2D eigenvalue weighted by Crippen LogP contribution is 2.23. The molecule has 0 aliphatic rings. The zero-order valence-electron chi connectivity index (χ0n) is 14.2. The third-order valence-electron chi connectivity index (χ3n) is 3.75. The van der Waals surface area contributed by atoms with E-state index in [0.717, 1.165) is 22.7 Å². The fourth-order valence-electron chi connectivity index (χ4n) is 2.46. The van der Waals surface area contributed by atoms with Gasteiger partial charge in [-0.2, -0.15) is 5.10 Å². The van der Waals surface area contributed by atoms with E-state index >= 15 is 0 Å². The van der Waals surface area contributed by atoms with Crippen molar-refractivity contribution in [1.82, 2.24) is 15.1 Å². The minimum atomic E-state index is -0.138. The van der Waals surface area contributed by atoms with Crippen molar-refractivity contribution >= 4 is 17.3 Å². The van der Waals surface area contributed by atoms with Crippen LogP contribution in [-0.4, -0.2) is 22.8 Å². The van der Waals surface area contributed by atoms with Crippen LogP contribution in [0.15, 0.2) is 60.9 Å². The predicted molar refractivity (Wildman–Crippen MR) is 97.1 cm³/mol. The molecule has 6 heteroatoms. The monoisotopic (exact) mass is 336 g/mol. The van der Waals surface area contributed by atoms with Crippen LogP contribution in [0.2, 0.25) is 0 Å². The number of carbonyl (C=O) groups excluding carboxylic acids is 1. The molecule has 0 bridgehead atoms. The van der Waals surface area contributed by atoms with Gasteiger partial charge in [0.2, 0.25) is 0 Å². The van der Waals surface area contributed by atoms with E-state index in [1.54, 1.807) is 24.1 Å². The van der Waals surface area contributed by atoms with Crippen LogP contribution in [0.3, 0.4) is 0 Å². The maximum Gasteiger partial charge on any atom is 0.253 e. The molecule has 3 aromatic rings. The van der Waals surface area contributed by atoms with Crippen LogP contribution in [0.1, 0.15) is 15.9 Å². The predicted octanol–water partition coefficient (Wildman–Crippen LogP) is 3.10. The van der Waals surface area contributed by atoms with Gasteiger partial charge in [-0.3, -0.25) is 9.48 Å². The van der Waals surface area contributed by atoms with Crippen molar-refractivity contribution in [2.24, 2.45) is 7.05 Å². The number of carbonyl (C=O) groups is 1. The Morgan fingerprint density at radius 1 is 1.16 bits per heavy atom. The highest BCUT2D eigenvalue weighted by Gasteiger charge is 2.11. The van der Waals surface area contributed by atoms with Gasteiger partial charge in [-0.1, -0.05) is 12.1 Å². The van der Waals surface area contributed by atoms with Crippen LogP contribution in [0, 0.1) is 0 Å². The Hall–Kier alpha value is -3.28. The number of hydrogen-bond donors (Lipinski definition) is 2. The first-order chi connectivity index (χ1) is 12.2. The molecule has 1 amide bonds. The normalized spacial score (nSPS) is 10.3. The third kappa shape index (κ3) is 4.17. The molecule has 128 valence electrons. The molecule has 6 nitrogen and oxygen atoms in total. The molecule has 3 rings (SSSR count). The standard InChI is InChI=1S/C19H20N4O2/c1-23-13-14(12-21-23)11-20-19(24)17-5-3-4-6-18(17)22-15-7-9-16(25-2)10-8-15/h3-10,12-13,22H,11H2,1-2H3,(H,20,24). The lowest BCUT2D eigenvalue weighted by atomic mass is 10.1. The molecule has 0 saturated heterocycles. The van der Waals surface area contributed by atoms with E-state index in [-0.39, 0.29) is 5.91 Å². The van der Waals surface area contributed by atoms with E-state index in [1.165, 1.54) is 0 Å². The number of benzene rings is 2. The maximum atomic E-state index is 12.5. The summed E-state index contributed by atoms with van der Waals surface area (Å²) in [5, 5.41) is 10.3. The number of hydrogen-bond acceptors (Lipinski definition) is 4. The number of rotatable bonds is 6. The summed E-state index contributed by atoms with van der Waals surface area (Å²) in [5.41, 5.74) is 3.17. The molecular formula is C19H20N4O2. The van der Waals surface area contributed by atoms with Crippen molar-refractivity contribution in [3.8, 4) is 5.75 Å². The average molecular weight is 336 g/mol. The van der Waals surface area contributed by atoms with Gasteiger partial charge < -0.3 is 15.4 Å². The fraction of sp³-hybridized carbons (Fsp3) is 0.158. The Bertz CT molecular complexity index is 856. The molecule has 0 fully saturated rings. The molecule has 1 aromatic heterocycles. The van der Waals surface area contributed by atoms with Crippen molar-refractivity contribution < 1.29 is 9.53 Å². The van der Waals surface area contributed by atoms with E-state index < -0.39 is 0 Å². The fourth-order valence-corrected chi connectivity index (χ4v) is 2.46. The second-order valence-corrected chi connectivity index (χ2v) is 5.60. The summed E-state index contributed by atoms with van der Waals surface area (Å²) < 4.78 is 6.87. The van der Waals surface area contributed by atoms with Crippen molar-refractivity contribution in [2.45, 2.75) is 6.54 Å². The van der Waals surface area contributed by atoms with E-state index in [4.69, 9.17) is 4.74 Å². The first-order valence-corrected chi connectivity index (χ1v) is 7.91. The summed E-state index contributed by atoms with van der Waals surface area (Å²) in [6.07, 6.45) is 3.61. The molecule has 0 spiro atoms. The number of ether oxygens (including phenoxy) is 1. The molecule has 2 N–H and O–H groups in total. The molecule has 0 radical (unpaired) electrons. The Morgan fingerprint density at radius 2 is 1.92 bits per heavy atom. The molecule has 0 aliphatic heterocycles. The number of para-hydroxylation sites is 1. The van der Waals surface area contributed by atoms with E-state index in [2.05, 4.69) is 15.7 Å². The lowest BCUT2D eigenvalue weighted by Gasteiger charge is -2.12. The summed E-state index contributed by atoms with van der Waals surface area (Å²) in [4.78, 5) is 12.5. The second kappa shape index (κ2) is 7.53. The van der Waals surface area contributed by atoms with Gasteiger partial charge in [0.15, 0.2) is 0 Å². The second-order valence-electron chi connectivity index (χ2n) is 5.60. The molecule has 0 atom stereocenters. The van der Waals surface area contributed by atoms with Gasteiger partial charge in [0.1, 0.15) is 5.75 Å². The van der Waals surface area contributed by atoms with E-state index in [0.29, 0.717) is 12.1 Å². The van der Waals surface area contributed by atoms with Crippen LogP contribution >= 0.6 is 0 Å². The lowest BCUT2D eigenvalue weighted by Crippen LogP contribution is -2.23. The minimum Gasteiger partial charge on any atom is -0.497 e. The molecule has 0 aliphatic carbocycles. The van der Waals surface area contributed by atoms with Gasteiger partial charge in [0.25, 0.3) is 5.91 Å². The Balaban J connectivity index is 1.71. The number of aromatic nitrogens is 2. The molecular weight excluding hydrogens is 316 g/mol. The Morgan fingerprint density at radius 3 is 2.60 bits per heavy atom. The number of aryl methyl sites for hydroxylation is 1. The summed E-state index contributed by atoms with van der Waals surface area (Å²) in [7, 11) is 3.48. The molecule has 2 aromatic carbocycles. The minimum absolute atomic E-state index is 0.138. The summed E-state index contributed by atoms with van der Waals surface area (Å²) in [6.45, 7) is 0.434. The zero-order chi connectivity index (χ0) is 17.6. The van der Waals surface area contributed by atoms with Crippen LogP contribution in [-0.2, 0) is 13.6 Å². The van der Waals surface area contributed by atoms with Gasteiger partial charge in [0, 0.05) is 31.0 Å².